The highest BCUT2D eigenvalue weighted by Gasteiger charge is 2.22. The Morgan fingerprint density at radius 2 is 2.22 bits per heavy atom. The summed E-state index contributed by atoms with van der Waals surface area (Å²) in [5.41, 5.74) is 0.801. The largest absolute Gasteiger partial charge is 0.495 e. The number of nitro benzene ring substituents is 1. The lowest BCUT2D eigenvalue weighted by Gasteiger charge is -2.16. The van der Waals surface area contributed by atoms with E-state index in [4.69, 9.17) is 4.74 Å². The standard InChI is InChI=1S/C13H18N2O3/c1-9-3-4-10(7-9)14-12-8-11(15(16)17)5-6-13(12)18-2/h5-6,8-10,14H,3-4,7H2,1-2H3. The SMILES string of the molecule is COc1ccc([N+](=O)[O-])cc1NC1CCC(C)C1. The number of nitrogens with zero attached hydrogens (tertiary/aromatic N) is 1. The molecule has 1 aromatic rings. The molecule has 0 saturated heterocycles. The summed E-state index contributed by atoms with van der Waals surface area (Å²) in [7, 11) is 1.57. The Kier molecular flexibility index (Phi) is 3.69. The molecule has 0 aliphatic heterocycles. The fraction of sp³-hybridized carbons (Fsp3) is 0.538. The third-order valence-electron chi connectivity index (χ3n) is 3.45. The summed E-state index contributed by atoms with van der Waals surface area (Å²) in [6.45, 7) is 2.23. The molecular formula is C13H18N2O3. The van der Waals surface area contributed by atoms with Gasteiger partial charge >= 0.3 is 0 Å². The molecule has 1 aromatic carbocycles. The van der Waals surface area contributed by atoms with E-state index in [2.05, 4.69) is 12.2 Å². The van der Waals surface area contributed by atoms with Gasteiger partial charge < -0.3 is 10.1 Å². The zero-order valence-electron chi connectivity index (χ0n) is 10.7. The van der Waals surface area contributed by atoms with Crippen molar-refractivity contribution < 1.29 is 9.66 Å². The first kappa shape index (κ1) is 12.7. The molecule has 0 amide bonds. The van der Waals surface area contributed by atoms with Crippen molar-refractivity contribution in [1.82, 2.24) is 0 Å². The smallest absolute Gasteiger partial charge is 0.271 e. The van der Waals surface area contributed by atoms with Crippen LogP contribution in [0.1, 0.15) is 26.2 Å². The van der Waals surface area contributed by atoms with Crippen LogP contribution in [-0.4, -0.2) is 18.1 Å². The molecule has 2 atom stereocenters. The molecule has 2 unspecified atom stereocenters. The number of rotatable bonds is 4. The third kappa shape index (κ3) is 2.72. The van der Waals surface area contributed by atoms with Gasteiger partial charge in [-0.3, -0.25) is 10.1 Å². The third-order valence-corrected chi connectivity index (χ3v) is 3.45. The zero-order chi connectivity index (χ0) is 13.1. The fourth-order valence-corrected chi connectivity index (χ4v) is 2.48. The summed E-state index contributed by atoms with van der Waals surface area (Å²) < 4.78 is 5.23. The normalized spacial score (nSPS) is 22.8. The number of hydrogen-bond donors (Lipinski definition) is 1. The topological polar surface area (TPSA) is 64.4 Å². The van der Waals surface area contributed by atoms with Crippen molar-refractivity contribution in [2.24, 2.45) is 5.92 Å². The second kappa shape index (κ2) is 5.25. The van der Waals surface area contributed by atoms with Gasteiger partial charge in [0.25, 0.3) is 5.69 Å². The van der Waals surface area contributed by atoms with E-state index in [0.29, 0.717) is 23.4 Å². The first-order chi connectivity index (χ1) is 8.60. The quantitative estimate of drug-likeness (QED) is 0.658. The predicted molar refractivity (Wildman–Crippen MR) is 70.1 cm³/mol. The second-order valence-electron chi connectivity index (χ2n) is 4.90. The fourth-order valence-electron chi connectivity index (χ4n) is 2.48. The van der Waals surface area contributed by atoms with E-state index in [-0.39, 0.29) is 10.6 Å². The van der Waals surface area contributed by atoms with E-state index in [1.54, 1.807) is 19.2 Å². The Hall–Kier alpha value is -1.78. The van der Waals surface area contributed by atoms with E-state index in [1.165, 1.54) is 12.5 Å². The number of benzene rings is 1. The molecule has 5 heteroatoms. The first-order valence-corrected chi connectivity index (χ1v) is 6.19. The summed E-state index contributed by atoms with van der Waals surface area (Å²) in [5.74, 6) is 1.37. The number of hydrogen-bond acceptors (Lipinski definition) is 4. The Bertz CT molecular complexity index is 448. The Morgan fingerprint density at radius 3 is 2.78 bits per heavy atom. The van der Waals surface area contributed by atoms with Crippen molar-refractivity contribution in [3.8, 4) is 5.75 Å². The van der Waals surface area contributed by atoms with Crippen LogP contribution in [0.25, 0.3) is 0 Å². The molecule has 0 spiro atoms. The molecule has 18 heavy (non-hydrogen) atoms. The van der Waals surface area contributed by atoms with E-state index in [9.17, 15) is 10.1 Å². The lowest BCUT2D eigenvalue weighted by molar-refractivity contribution is -0.384. The van der Waals surface area contributed by atoms with E-state index >= 15 is 0 Å². The molecule has 1 saturated carbocycles. The lowest BCUT2D eigenvalue weighted by Crippen LogP contribution is -2.16. The van der Waals surface area contributed by atoms with Crippen molar-refractivity contribution in [2.45, 2.75) is 32.2 Å². The monoisotopic (exact) mass is 250 g/mol. The van der Waals surface area contributed by atoms with Gasteiger partial charge in [0.2, 0.25) is 0 Å². The van der Waals surface area contributed by atoms with Gasteiger partial charge in [0.1, 0.15) is 5.75 Å². The van der Waals surface area contributed by atoms with E-state index in [0.717, 1.165) is 12.8 Å². The molecule has 1 aliphatic rings. The highest BCUT2D eigenvalue weighted by molar-refractivity contribution is 5.62. The Balaban J connectivity index is 2.18. The van der Waals surface area contributed by atoms with Crippen LogP contribution in [0.15, 0.2) is 18.2 Å². The summed E-state index contributed by atoms with van der Waals surface area (Å²) in [5, 5.41) is 14.1. The minimum absolute atomic E-state index is 0.0874. The maximum Gasteiger partial charge on any atom is 0.271 e. The molecule has 1 aliphatic carbocycles. The summed E-state index contributed by atoms with van der Waals surface area (Å²) in [6.07, 6.45) is 3.41. The number of methoxy groups -OCH3 is 1. The second-order valence-corrected chi connectivity index (χ2v) is 4.90. The van der Waals surface area contributed by atoms with Gasteiger partial charge in [-0.2, -0.15) is 0 Å². The number of anilines is 1. The molecule has 0 aromatic heterocycles. The van der Waals surface area contributed by atoms with Gasteiger partial charge in [0.15, 0.2) is 0 Å². The van der Waals surface area contributed by atoms with E-state index < -0.39 is 0 Å². The maximum absolute atomic E-state index is 10.8. The summed E-state index contributed by atoms with van der Waals surface area (Å²) in [6, 6.07) is 5.03. The van der Waals surface area contributed by atoms with Gasteiger partial charge in [-0.1, -0.05) is 6.92 Å². The van der Waals surface area contributed by atoms with Gasteiger partial charge in [0.05, 0.1) is 17.7 Å². The van der Waals surface area contributed by atoms with Crippen LogP contribution < -0.4 is 10.1 Å². The lowest BCUT2D eigenvalue weighted by atomic mass is 10.1. The van der Waals surface area contributed by atoms with Crippen LogP contribution in [0, 0.1) is 16.0 Å². The molecule has 98 valence electrons. The Labute approximate surface area is 106 Å². The van der Waals surface area contributed by atoms with Crippen LogP contribution in [-0.2, 0) is 0 Å². The molecular weight excluding hydrogens is 232 g/mol. The Morgan fingerprint density at radius 1 is 1.44 bits per heavy atom. The number of nitro groups is 1. The summed E-state index contributed by atoms with van der Waals surface area (Å²) >= 11 is 0. The van der Waals surface area contributed by atoms with Crippen molar-refractivity contribution in [2.75, 3.05) is 12.4 Å². The van der Waals surface area contributed by atoms with Crippen molar-refractivity contribution in [3.05, 3.63) is 28.3 Å². The van der Waals surface area contributed by atoms with Crippen molar-refractivity contribution in [1.29, 1.82) is 0 Å². The first-order valence-electron chi connectivity index (χ1n) is 6.19. The van der Waals surface area contributed by atoms with Crippen LogP contribution in [0.3, 0.4) is 0 Å². The highest BCUT2D eigenvalue weighted by atomic mass is 16.6. The number of ether oxygens (including phenoxy) is 1. The van der Waals surface area contributed by atoms with Gasteiger partial charge in [-0.05, 0) is 31.2 Å². The predicted octanol–water partition coefficient (Wildman–Crippen LogP) is 3.20. The van der Waals surface area contributed by atoms with Crippen LogP contribution in [0.2, 0.25) is 0 Å². The van der Waals surface area contributed by atoms with Crippen LogP contribution >= 0.6 is 0 Å². The molecule has 0 radical (unpaired) electrons. The van der Waals surface area contributed by atoms with Gasteiger partial charge in [0, 0.05) is 18.2 Å². The minimum atomic E-state index is -0.387. The highest BCUT2D eigenvalue weighted by Crippen LogP contribution is 2.33. The molecule has 0 heterocycles. The number of nitrogens with one attached hydrogen (secondary N) is 1. The van der Waals surface area contributed by atoms with E-state index in [1.807, 2.05) is 0 Å². The van der Waals surface area contributed by atoms with Crippen molar-refractivity contribution >= 4 is 11.4 Å². The molecule has 2 rings (SSSR count). The van der Waals surface area contributed by atoms with Crippen LogP contribution in [0.4, 0.5) is 11.4 Å². The van der Waals surface area contributed by atoms with Gasteiger partial charge in [-0.15, -0.1) is 0 Å². The molecule has 1 fully saturated rings. The number of non-ortho nitro benzene ring substituents is 1. The molecule has 0 bridgehead atoms. The maximum atomic E-state index is 10.8. The average molecular weight is 250 g/mol. The molecule has 1 N–H and O–H groups in total. The average Bonchev–Trinajstić information content (AvgIpc) is 2.74. The minimum Gasteiger partial charge on any atom is -0.495 e. The molecule has 5 nitrogen and oxygen atoms in total. The van der Waals surface area contributed by atoms with Gasteiger partial charge in [-0.25, -0.2) is 0 Å². The van der Waals surface area contributed by atoms with Crippen molar-refractivity contribution in [3.63, 3.8) is 0 Å². The summed E-state index contributed by atoms with van der Waals surface area (Å²) in [4.78, 5) is 10.4. The van der Waals surface area contributed by atoms with Crippen LogP contribution in [0.5, 0.6) is 5.75 Å². The zero-order valence-corrected chi connectivity index (χ0v) is 10.7.